The number of rotatable bonds is 4. The molecule has 1 unspecified atom stereocenters. The summed E-state index contributed by atoms with van der Waals surface area (Å²) in [4.78, 5) is 12.1. The number of nitrogens with one attached hydrogen (secondary N) is 3. The molecule has 1 aromatic heterocycles. The molecule has 1 saturated heterocycles. The average Bonchev–Trinajstić information content (AvgIpc) is 3.02. The van der Waals surface area contributed by atoms with Gasteiger partial charge in [0.05, 0.1) is 18.9 Å². The third kappa shape index (κ3) is 4.30. The number of H-pyrrole nitrogens is 1. The number of carbonyl (C=O) groups excluding carboxylic acids is 1. The molecule has 1 amide bonds. The number of aromatic amines is 1. The van der Waals surface area contributed by atoms with Gasteiger partial charge in [-0.25, -0.2) is 0 Å². The van der Waals surface area contributed by atoms with Crippen molar-refractivity contribution in [2.24, 2.45) is 0 Å². The zero-order valence-corrected chi connectivity index (χ0v) is 12.9. The zero-order valence-electron chi connectivity index (χ0n) is 12.0. The van der Waals surface area contributed by atoms with Crippen molar-refractivity contribution in [3.8, 4) is 11.3 Å². The fourth-order valence-corrected chi connectivity index (χ4v) is 2.37. The number of hydrogen-bond acceptors (Lipinski definition) is 4. The number of benzene rings is 1. The Labute approximate surface area is 135 Å². The lowest BCUT2D eigenvalue weighted by molar-refractivity contribution is -0.117. The van der Waals surface area contributed by atoms with Crippen LogP contribution in [0.5, 0.6) is 0 Å². The van der Waals surface area contributed by atoms with E-state index in [1.54, 1.807) is 6.20 Å². The van der Waals surface area contributed by atoms with Gasteiger partial charge < -0.3 is 15.4 Å². The van der Waals surface area contributed by atoms with Crippen LogP contribution in [-0.2, 0) is 9.53 Å². The standard InChI is InChI=1S/C15H18N4O2.ClH/c20-15(9-13-10-21-7-6-16-13)18-12-3-1-2-11(8-12)14-4-5-17-19-14;/h1-5,8,13,16H,6-7,9-10H2,(H,17,19)(H,18,20);1H. The number of aromatic nitrogens is 2. The molecule has 2 heterocycles. The molecule has 0 aliphatic carbocycles. The van der Waals surface area contributed by atoms with Crippen LogP contribution in [0.15, 0.2) is 36.5 Å². The first-order valence-electron chi connectivity index (χ1n) is 7.02. The maximum atomic E-state index is 12.1. The molecule has 6 nitrogen and oxygen atoms in total. The van der Waals surface area contributed by atoms with Gasteiger partial charge in [0.25, 0.3) is 0 Å². The van der Waals surface area contributed by atoms with E-state index in [9.17, 15) is 4.79 Å². The van der Waals surface area contributed by atoms with Crippen LogP contribution in [0.25, 0.3) is 11.3 Å². The van der Waals surface area contributed by atoms with Gasteiger partial charge in [-0.1, -0.05) is 12.1 Å². The van der Waals surface area contributed by atoms with E-state index < -0.39 is 0 Å². The van der Waals surface area contributed by atoms with Gasteiger partial charge in [-0.3, -0.25) is 9.89 Å². The summed E-state index contributed by atoms with van der Waals surface area (Å²) in [5.41, 5.74) is 2.70. The van der Waals surface area contributed by atoms with Gasteiger partial charge in [-0.15, -0.1) is 12.4 Å². The second kappa shape index (κ2) is 7.93. The number of nitrogens with zero attached hydrogens (tertiary/aromatic N) is 1. The fraction of sp³-hybridized carbons (Fsp3) is 0.333. The Morgan fingerprint density at radius 1 is 1.41 bits per heavy atom. The number of carbonyl (C=O) groups is 1. The maximum absolute atomic E-state index is 12.1. The normalized spacial score (nSPS) is 17.5. The number of ether oxygens (including phenoxy) is 1. The van der Waals surface area contributed by atoms with Gasteiger partial charge in [0.1, 0.15) is 0 Å². The van der Waals surface area contributed by atoms with Crippen molar-refractivity contribution < 1.29 is 9.53 Å². The van der Waals surface area contributed by atoms with Crippen LogP contribution in [0, 0.1) is 0 Å². The van der Waals surface area contributed by atoms with Crippen LogP contribution >= 0.6 is 12.4 Å². The molecule has 3 rings (SSSR count). The van der Waals surface area contributed by atoms with Gasteiger partial charge in [0.15, 0.2) is 0 Å². The summed E-state index contributed by atoms with van der Waals surface area (Å²) >= 11 is 0. The van der Waals surface area contributed by atoms with Crippen LogP contribution in [-0.4, -0.2) is 41.9 Å². The van der Waals surface area contributed by atoms with Crippen LogP contribution in [0.2, 0.25) is 0 Å². The van der Waals surface area contributed by atoms with E-state index in [0.29, 0.717) is 19.6 Å². The summed E-state index contributed by atoms with van der Waals surface area (Å²) in [5, 5.41) is 13.0. The summed E-state index contributed by atoms with van der Waals surface area (Å²) < 4.78 is 5.35. The molecule has 0 radical (unpaired) electrons. The largest absolute Gasteiger partial charge is 0.378 e. The molecule has 1 atom stereocenters. The van der Waals surface area contributed by atoms with Crippen molar-refractivity contribution in [3.05, 3.63) is 36.5 Å². The third-order valence-corrected chi connectivity index (χ3v) is 3.39. The molecule has 1 aliphatic heterocycles. The number of amides is 1. The van der Waals surface area contributed by atoms with Gasteiger partial charge in [0, 0.05) is 36.5 Å². The van der Waals surface area contributed by atoms with Crippen molar-refractivity contribution in [2.75, 3.05) is 25.1 Å². The molecule has 1 aromatic carbocycles. The van der Waals surface area contributed by atoms with Crippen molar-refractivity contribution in [1.82, 2.24) is 15.5 Å². The molecule has 0 spiro atoms. The lowest BCUT2D eigenvalue weighted by Crippen LogP contribution is -2.43. The number of halogens is 1. The van der Waals surface area contributed by atoms with Crippen molar-refractivity contribution in [2.45, 2.75) is 12.5 Å². The van der Waals surface area contributed by atoms with Crippen LogP contribution in [0.1, 0.15) is 6.42 Å². The van der Waals surface area contributed by atoms with E-state index in [2.05, 4.69) is 20.8 Å². The molecule has 118 valence electrons. The first kappa shape index (κ1) is 16.5. The minimum Gasteiger partial charge on any atom is -0.378 e. The Bertz CT molecular complexity index is 597. The van der Waals surface area contributed by atoms with Crippen LogP contribution in [0.4, 0.5) is 5.69 Å². The number of hydrogen-bond donors (Lipinski definition) is 3. The first-order chi connectivity index (χ1) is 10.3. The number of morpholine rings is 1. The molecule has 1 aliphatic rings. The predicted molar refractivity (Wildman–Crippen MR) is 87.1 cm³/mol. The van der Waals surface area contributed by atoms with E-state index in [1.165, 1.54) is 0 Å². The van der Waals surface area contributed by atoms with Crippen molar-refractivity contribution in [3.63, 3.8) is 0 Å². The first-order valence-corrected chi connectivity index (χ1v) is 7.02. The van der Waals surface area contributed by atoms with Gasteiger partial charge >= 0.3 is 0 Å². The molecular weight excluding hydrogens is 304 g/mol. The summed E-state index contributed by atoms with van der Waals surface area (Å²) in [6.45, 7) is 2.10. The highest BCUT2D eigenvalue weighted by molar-refractivity contribution is 5.91. The highest BCUT2D eigenvalue weighted by atomic mass is 35.5. The molecule has 3 N–H and O–H groups in total. The van der Waals surface area contributed by atoms with E-state index in [-0.39, 0.29) is 24.4 Å². The van der Waals surface area contributed by atoms with Gasteiger partial charge in [0.2, 0.25) is 5.91 Å². The summed E-state index contributed by atoms with van der Waals surface area (Å²) in [6.07, 6.45) is 2.11. The maximum Gasteiger partial charge on any atom is 0.226 e. The Balaban J connectivity index is 0.00000176. The van der Waals surface area contributed by atoms with E-state index in [0.717, 1.165) is 23.5 Å². The smallest absolute Gasteiger partial charge is 0.226 e. The van der Waals surface area contributed by atoms with Crippen LogP contribution < -0.4 is 10.6 Å². The molecule has 2 aromatic rings. The average molecular weight is 323 g/mol. The SMILES string of the molecule is Cl.O=C(CC1COCCN1)Nc1cccc(-c2ccn[nH]2)c1. The summed E-state index contributed by atoms with van der Waals surface area (Å²) in [6, 6.07) is 9.67. The Hall–Kier alpha value is -1.89. The van der Waals surface area contributed by atoms with Crippen LogP contribution in [0.3, 0.4) is 0 Å². The lowest BCUT2D eigenvalue weighted by atomic mass is 10.1. The highest BCUT2D eigenvalue weighted by Gasteiger charge is 2.16. The van der Waals surface area contributed by atoms with Crippen molar-refractivity contribution in [1.29, 1.82) is 0 Å². The highest BCUT2D eigenvalue weighted by Crippen LogP contribution is 2.20. The quantitative estimate of drug-likeness (QED) is 0.802. The molecule has 1 fully saturated rings. The Morgan fingerprint density at radius 2 is 2.32 bits per heavy atom. The summed E-state index contributed by atoms with van der Waals surface area (Å²) in [7, 11) is 0. The second-order valence-corrected chi connectivity index (χ2v) is 5.03. The lowest BCUT2D eigenvalue weighted by Gasteiger charge is -2.23. The van der Waals surface area contributed by atoms with E-state index >= 15 is 0 Å². The second-order valence-electron chi connectivity index (χ2n) is 5.03. The number of anilines is 1. The third-order valence-electron chi connectivity index (χ3n) is 3.39. The minimum absolute atomic E-state index is 0. The van der Waals surface area contributed by atoms with E-state index in [1.807, 2.05) is 30.3 Å². The molecule has 22 heavy (non-hydrogen) atoms. The zero-order chi connectivity index (χ0) is 14.5. The minimum atomic E-state index is -0.0141. The topological polar surface area (TPSA) is 79.0 Å². The fourth-order valence-electron chi connectivity index (χ4n) is 2.37. The molecule has 0 bridgehead atoms. The molecule has 7 heteroatoms. The van der Waals surface area contributed by atoms with Crippen molar-refractivity contribution >= 4 is 24.0 Å². The Kier molecular flexibility index (Phi) is 5.94. The Morgan fingerprint density at radius 3 is 3.05 bits per heavy atom. The van der Waals surface area contributed by atoms with Gasteiger partial charge in [-0.2, -0.15) is 5.10 Å². The van der Waals surface area contributed by atoms with E-state index in [4.69, 9.17) is 4.74 Å². The molecule has 0 saturated carbocycles. The monoisotopic (exact) mass is 322 g/mol. The predicted octanol–water partition coefficient (Wildman–Crippen LogP) is 1.82. The summed E-state index contributed by atoms with van der Waals surface area (Å²) in [5.74, 6) is -0.0141. The van der Waals surface area contributed by atoms with Gasteiger partial charge in [-0.05, 0) is 18.2 Å². The molecular formula is C15H19ClN4O2.